The lowest BCUT2D eigenvalue weighted by Gasteiger charge is -2.17. The molecule has 0 aliphatic carbocycles. The Morgan fingerprint density at radius 3 is 2.27 bits per heavy atom. The zero-order chi connectivity index (χ0) is 16.1. The second kappa shape index (κ2) is 7.12. The molecular weight excluding hydrogens is 276 g/mol. The number of carboxylic acids is 1. The molecule has 2 N–H and O–H groups in total. The number of aromatic carboxylic acids is 1. The van der Waals surface area contributed by atoms with Gasteiger partial charge >= 0.3 is 5.97 Å². The molecule has 0 saturated carbocycles. The van der Waals surface area contributed by atoms with Crippen molar-refractivity contribution in [3.8, 4) is 5.75 Å². The van der Waals surface area contributed by atoms with Crippen molar-refractivity contribution >= 4 is 5.97 Å². The van der Waals surface area contributed by atoms with Crippen LogP contribution in [-0.4, -0.2) is 16.2 Å². The van der Waals surface area contributed by atoms with Crippen molar-refractivity contribution in [2.24, 2.45) is 0 Å². The quantitative estimate of drug-likeness (QED) is 0.820. The lowest BCUT2D eigenvalue weighted by molar-refractivity contribution is 0.0693. The Labute approximate surface area is 131 Å². The van der Waals surface area contributed by atoms with E-state index in [9.17, 15) is 15.0 Å². The van der Waals surface area contributed by atoms with Crippen molar-refractivity contribution < 1.29 is 15.0 Å². The van der Waals surface area contributed by atoms with E-state index in [0.29, 0.717) is 17.9 Å². The number of aromatic hydroxyl groups is 1. The van der Waals surface area contributed by atoms with Crippen LogP contribution in [0.2, 0.25) is 0 Å². The van der Waals surface area contributed by atoms with Crippen LogP contribution in [0.3, 0.4) is 0 Å². The normalized spacial score (nSPS) is 10.9. The van der Waals surface area contributed by atoms with Crippen molar-refractivity contribution in [3.05, 3.63) is 64.7 Å². The van der Waals surface area contributed by atoms with Crippen LogP contribution >= 0.6 is 0 Å². The minimum atomic E-state index is -1.08. The summed E-state index contributed by atoms with van der Waals surface area (Å²) in [6.07, 6.45) is 2.43. The first-order valence-corrected chi connectivity index (χ1v) is 7.69. The molecule has 0 aliphatic heterocycles. The van der Waals surface area contributed by atoms with Crippen molar-refractivity contribution in [2.45, 2.75) is 39.0 Å². The van der Waals surface area contributed by atoms with Gasteiger partial charge in [-0.25, -0.2) is 4.79 Å². The maximum absolute atomic E-state index is 11.4. The molecule has 0 radical (unpaired) electrons. The van der Waals surface area contributed by atoms with Gasteiger partial charge in [0.05, 0.1) is 0 Å². The van der Waals surface area contributed by atoms with Crippen molar-refractivity contribution in [3.63, 3.8) is 0 Å². The first-order chi connectivity index (χ1) is 10.6. The highest BCUT2D eigenvalue weighted by Gasteiger charge is 2.18. The van der Waals surface area contributed by atoms with E-state index in [2.05, 4.69) is 13.8 Å². The van der Waals surface area contributed by atoms with Crippen LogP contribution < -0.4 is 0 Å². The molecule has 0 spiro atoms. The smallest absolute Gasteiger partial charge is 0.339 e. The standard InChI is InChI=1S/C19H22O3/c1-3-14(4-2)15-11-16(10-13-8-6-5-7-9-13)18(20)17(12-15)19(21)22/h5-9,11-12,14,20H,3-4,10H2,1-2H3,(H,21,22). The number of carboxylic acid groups (broad SMARTS) is 1. The van der Waals surface area contributed by atoms with Gasteiger partial charge in [-0.2, -0.15) is 0 Å². The fraction of sp³-hybridized carbons (Fsp3) is 0.316. The number of phenols is 1. The average Bonchev–Trinajstić information content (AvgIpc) is 2.52. The molecule has 0 bridgehead atoms. The Bertz CT molecular complexity index is 643. The van der Waals surface area contributed by atoms with Crippen LogP contribution in [0.4, 0.5) is 0 Å². The zero-order valence-electron chi connectivity index (χ0n) is 13.0. The minimum absolute atomic E-state index is 0.00432. The largest absolute Gasteiger partial charge is 0.507 e. The van der Waals surface area contributed by atoms with Crippen LogP contribution in [-0.2, 0) is 6.42 Å². The van der Waals surface area contributed by atoms with Gasteiger partial charge in [-0.3, -0.25) is 0 Å². The molecule has 0 aromatic heterocycles. The molecule has 0 aliphatic rings. The van der Waals surface area contributed by atoms with Gasteiger partial charge in [0.25, 0.3) is 0 Å². The van der Waals surface area contributed by atoms with Gasteiger partial charge in [0.1, 0.15) is 11.3 Å². The summed E-state index contributed by atoms with van der Waals surface area (Å²) in [7, 11) is 0. The highest BCUT2D eigenvalue weighted by molar-refractivity contribution is 5.91. The summed E-state index contributed by atoms with van der Waals surface area (Å²) in [5.41, 5.74) is 2.71. The van der Waals surface area contributed by atoms with E-state index >= 15 is 0 Å². The number of hydrogen-bond donors (Lipinski definition) is 2. The lowest BCUT2D eigenvalue weighted by atomic mass is 9.89. The fourth-order valence-electron chi connectivity index (χ4n) is 2.83. The second-order valence-electron chi connectivity index (χ2n) is 5.56. The Kier molecular flexibility index (Phi) is 5.21. The molecule has 0 heterocycles. The van der Waals surface area contributed by atoms with Gasteiger partial charge < -0.3 is 10.2 Å². The van der Waals surface area contributed by atoms with E-state index in [1.807, 2.05) is 36.4 Å². The average molecular weight is 298 g/mol. The van der Waals surface area contributed by atoms with E-state index in [4.69, 9.17) is 0 Å². The Hall–Kier alpha value is -2.29. The highest BCUT2D eigenvalue weighted by atomic mass is 16.4. The summed E-state index contributed by atoms with van der Waals surface area (Å²) in [6, 6.07) is 13.3. The summed E-state index contributed by atoms with van der Waals surface area (Å²) in [5.74, 6) is -0.890. The molecule has 22 heavy (non-hydrogen) atoms. The lowest BCUT2D eigenvalue weighted by Crippen LogP contribution is -2.05. The Balaban J connectivity index is 2.49. The van der Waals surface area contributed by atoms with E-state index in [1.54, 1.807) is 6.07 Å². The molecule has 0 amide bonds. The number of rotatable bonds is 6. The third-order valence-corrected chi connectivity index (χ3v) is 4.14. The van der Waals surface area contributed by atoms with Gasteiger partial charge in [-0.15, -0.1) is 0 Å². The van der Waals surface area contributed by atoms with Crippen LogP contribution in [0.25, 0.3) is 0 Å². The van der Waals surface area contributed by atoms with Gasteiger partial charge in [0.15, 0.2) is 0 Å². The highest BCUT2D eigenvalue weighted by Crippen LogP contribution is 2.32. The summed E-state index contributed by atoms with van der Waals surface area (Å²) >= 11 is 0. The predicted octanol–water partition coefficient (Wildman–Crippen LogP) is 4.58. The van der Waals surface area contributed by atoms with Crippen LogP contribution in [0.1, 0.15) is 59.7 Å². The van der Waals surface area contributed by atoms with Crippen molar-refractivity contribution in [2.75, 3.05) is 0 Å². The summed E-state index contributed by atoms with van der Waals surface area (Å²) in [5, 5.41) is 19.6. The second-order valence-corrected chi connectivity index (χ2v) is 5.56. The molecular formula is C19H22O3. The molecule has 3 heteroatoms. The first-order valence-electron chi connectivity index (χ1n) is 7.69. The zero-order valence-corrected chi connectivity index (χ0v) is 13.0. The third kappa shape index (κ3) is 3.48. The summed E-state index contributed by atoms with van der Waals surface area (Å²) in [4.78, 5) is 11.4. The van der Waals surface area contributed by atoms with Gasteiger partial charge in [-0.05, 0) is 41.5 Å². The molecule has 0 saturated heterocycles. The predicted molar refractivity (Wildman–Crippen MR) is 87.6 cm³/mol. The van der Waals surface area contributed by atoms with Gasteiger partial charge in [-0.1, -0.05) is 50.2 Å². The summed E-state index contributed by atoms with van der Waals surface area (Å²) < 4.78 is 0. The van der Waals surface area contributed by atoms with Gasteiger partial charge in [0.2, 0.25) is 0 Å². The summed E-state index contributed by atoms with van der Waals surface area (Å²) in [6.45, 7) is 4.19. The molecule has 3 nitrogen and oxygen atoms in total. The molecule has 0 unspecified atom stereocenters. The van der Waals surface area contributed by atoms with Gasteiger partial charge in [0, 0.05) is 6.42 Å². The Morgan fingerprint density at radius 2 is 1.73 bits per heavy atom. The topological polar surface area (TPSA) is 57.5 Å². The van der Waals surface area contributed by atoms with Crippen LogP contribution in [0, 0.1) is 0 Å². The van der Waals surface area contributed by atoms with Crippen LogP contribution in [0.5, 0.6) is 5.75 Å². The minimum Gasteiger partial charge on any atom is -0.507 e. The van der Waals surface area contributed by atoms with Crippen molar-refractivity contribution in [1.82, 2.24) is 0 Å². The van der Waals surface area contributed by atoms with Crippen LogP contribution in [0.15, 0.2) is 42.5 Å². The molecule has 2 rings (SSSR count). The Morgan fingerprint density at radius 1 is 1.09 bits per heavy atom. The van der Waals surface area contributed by atoms with Crippen molar-refractivity contribution in [1.29, 1.82) is 0 Å². The van der Waals surface area contributed by atoms with E-state index in [0.717, 1.165) is 24.0 Å². The number of hydrogen-bond acceptors (Lipinski definition) is 2. The molecule has 0 atom stereocenters. The van der Waals surface area contributed by atoms with E-state index in [1.165, 1.54) is 0 Å². The third-order valence-electron chi connectivity index (χ3n) is 4.14. The van der Waals surface area contributed by atoms with E-state index in [-0.39, 0.29) is 11.3 Å². The molecule has 2 aromatic rings. The SMILES string of the molecule is CCC(CC)c1cc(Cc2ccccc2)c(O)c(C(=O)O)c1. The molecule has 2 aromatic carbocycles. The fourth-order valence-corrected chi connectivity index (χ4v) is 2.83. The number of benzene rings is 2. The molecule has 116 valence electrons. The number of carbonyl (C=O) groups is 1. The first kappa shape index (κ1) is 16.1. The molecule has 0 fully saturated rings. The maximum Gasteiger partial charge on any atom is 0.339 e. The monoisotopic (exact) mass is 298 g/mol. The maximum atomic E-state index is 11.4. The van der Waals surface area contributed by atoms with E-state index < -0.39 is 5.97 Å².